The van der Waals surface area contributed by atoms with Crippen LogP contribution in [0.1, 0.15) is 41.2 Å². The minimum Gasteiger partial charge on any atom is -0.494 e. The molecular weight excluding hydrogens is 390 g/mol. The number of hydrazine groups is 1. The number of ether oxygens (including phenoxy) is 1. The van der Waals surface area contributed by atoms with Crippen LogP contribution in [-0.4, -0.2) is 43.2 Å². The molecule has 2 aliphatic heterocycles. The van der Waals surface area contributed by atoms with Crippen LogP contribution in [0.25, 0.3) is 0 Å². The molecule has 2 fully saturated rings. The van der Waals surface area contributed by atoms with E-state index in [0.717, 1.165) is 37.9 Å². The molecule has 3 N–H and O–H groups in total. The summed E-state index contributed by atoms with van der Waals surface area (Å²) in [6.45, 7) is 1.69. The van der Waals surface area contributed by atoms with Crippen molar-refractivity contribution in [2.45, 2.75) is 37.5 Å². The Morgan fingerprint density at radius 3 is 2.50 bits per heavy atom. The lowest BCUT2D eigenvalue weighted by Crippen LogP contribution is -2.51. The summed E-state index contributed by atoms with van der Waals surface area (Å²) >= 11 is 0. The van der Waals surface area contributed by atoms with E-state index in [1.54, 1.807) is 18.2 Å². The molecule has 0 radical (unpaired) electrons. The molecule has 2 aromatic carbocycles. The SMILES string of the molecule is COc1ccc(C(=O)NC2CCN(C3CC(c4ccc(F)cc4)NN3)CC2)cc1F. The Hall–Kier alpha value is -2.55. The van der Waals surface area contributed by atoms with Gasteiger partial charge in [-0.1, -0.05) is 12.1 Å². The van der Waals surface area contributed by atoms with E-state index in [0.29, 0.717) is 5.56 Å². The van der Waals surface area contributed by atoms with Gasteiger partial charge in [0, 0.05) is 30.7 Å². The number of hydrogen-bond donors (Lipinski definition) is 3. The highest BCUT2D eigenvalue weighted by molar-refractivity contribution is 5.94. The summed E-state index contributed by atoms with van der Waals surface area (Å²) in [7, 11) is 1.39. The van der Waals surface area contributed by atoms with Crippen molar-refractivity contribution in [1.29, 1.82) is 0 Å². The zero-order valence-corrected chi connectivity index (χ0v) is 16.8. The van der Waals surface area contributed by atoms with Crippen LogP contribution in [0.4, 0.5) is 8.78 Å². The van der Waals surface area contributed by atoms with Gasteiger partial charge in [-0.25, -0.2) is 19.6 Å². The molecule has 0 spiro atoms. The van der Waals surface area contributed by atoms with Crippen LogP contribution in [0.3, 0.4) is 0 Å². The van der Waals surface area contributed by atoms with Crippen molar-refractivity contribution >= 4 is 5.91 Å². The number of carbonyl (C=O) groups excluding carboxylic acids is 1. The van der Waals surface area contributed by atoms with Crippen LogP contribution in [-0.2, 0) is 0 Å². The van der Waals surface area contributed by atoms with E-state index in [-0.39, 0.29) is 35.7 Å². The zero-order valence-electron chi connectivity index (χ0n) is 16.8. The fourth-order valence-electron chi connectivity index (χ4n) is 4.12. The van der Waals surface area contributed by atoms with Crippen LogP contribution >= 0.6 is 0 Å². The Morgan fingerprint density at radius 2 is 1.83 bits per heavy atom. The van der Waals surface area contributed by atoms with Crippen molar-refractivity contribution in [3.63, 3.8) is 0 Å². The summed E-state index contributed by atoms with van der Waals surface area (Å²) < 4.78 is 31.9. The third-order valence-corrected chi connectivity index (χ3v) is 5.88. The van der Waals surface area contributed by atoms with Gasteiger partial charge < -0.3 is 10.1 Å². The van der Waals surface area contributed by atoms with Gasteiger partial charge >= 0.3 is 0 Å². The van der Waals surface area contributed by atoms with E-state index in [1.807, 2.05) is 0 Å². The van der Waals surface area contributed by atoms with Crippen molar-refractivity contribution in [2.75, 3.05) is 20.2 Å². The zero-order chi connectivity index (χ0) is 21.1. The normalized spacial score (nSPS) is 22.8. The van der Waals surface area contributed by atoms with Crippen molar-refractivity contribution in [3.05, 3.63) is 65.2 Å². The number of amides is 1. The number of carbonyl (C=O) groups is 1. The lowest BCUT2D eigenvalue weighted by Gasteiger charge is -2.35. The molecule has 2 aliphatic rings. The molecule has 160 valence electrons. The Kier molecular flexibility index (Phi) is 6.26. The van der Waals surface area contributed by atoms with Gasteiger partial charge in [0.2, 0.25) is 0 Å². The lowest BCUT2D eigenvalue weighted by molar-refractivity contribution is 0.0879. The van der Waals surface area contributed by atoms with E-state index in [1.165, 1.54) is 31.4 Å². The van der Waals surface area contributed by atoms with E-state index < -0.39 is 5.82 Å². The van der Waals surface area contributed by atoms with Crippen LogP contribution in [0, 0.1) is 11.6 Å². The molecule has 4 rings (SSSR count). The number of benzene rings is 2. The monoisotopic (exact) mass is 416 g/mol. The lowest BCUT2D eigenvalue weighted by atomic mass is 10.0. The predicted octanol–water partition coefficient (Wildman–Crippen LogP) is 2.73. The molecule has 0 aromatic heterocycles. The first-order chi connectivity index (χ1) is 14.5. The quantitative estimate of drug-likeness (QED) is 0.700. The van der Waals surface area contributed by atoms with E-state index in [4.69, 9.17) is 4.74 Å². The van der Waals surface area contributed by atoms with Gasteiger partial charge in [0.05, 0.1) is 13.3 Å². The third-order valence-electron chi connectivity index (χ3n) is 5.88. The minimum absolute atomic E-state index is 0.0566. The highest BCUT2D eigenvalue weighted by Crippen LogP contribution is 2.26. The average Bonchev–Trinajstić information content (AvgIpc) is 3.25. The van der Waals surface area contributed by atoms with Crippen molar-refractivity contribution in [3.8, 4) is 5.75 Å². The summed E-state index contributed by atoms with van der Waals surface area (Å²) in [5.41, 5.74) is 7.97. The summed E-state index contributed by atoms with van der Waals surface area (Å²) in [4.78, 5) is 14.8. The van der Waals surface area contributed by atoms with E-state index >= 15 is 0 Å². The second kappa shape index (κ2) is 9.07. The number of nitrogens with zero attached hydrogens (tertiary/aromatic N) is 1. The second-order valence-electron chi connectivity index (χ2n) is 7.78. The van der Waals surface area contributed by atoms with Gasteiger partial charge in [-0.2, -0.15) is 0 Å². The average molecular weight is 416 g/mol. The molecule has 0 saturated carbocycles. The van der Waals surface area contributed by atoms with Crippen LogP contribution in [0.15, 0.2) is 42.5 Å². The predicted molar refractivity (Wildman–Crippen MR) is 109 cm³/mol. The molecule has 1 amide bonds. The molecule has 2 heterocycles. The van der Waals surface area contributed by atoms with Gasteiger partial charge in [0.1, 0.15) is 5.82 Å². The number of rotatable bonds is 5. The Balaban J connectivity index is 1.26. The first-order valence-electron chi connectivity index (χ1n) is 10.2. The molecule has 6 nitrogen and oxygen atoms in total. The highest BCUT2D eigenvalue weighted by Gasteiger charge is 2.32. The Labute approximate surface area is 174 Å². The van der Waals surface area contributed by atoms with Crippen molar-refractivity contribution in [1.82, 2.24) is 21.1 Å². The number of hydrogen-bond acceptors (Lipinski definition) is 5. The molecule has 2 unspecified atom stereocenters. The molecule has 2 atom stereocenters. The molecule has 8 heteroatoms. The van der Waals surface area contributed by atoms with Gasteiger partial charge in [-0.3, -0.25) is 9.69 Å². The van der Waals surface area contributed by atoms with E-state index in [9.17, 15) is 13.6 Å². The molecule has 0 bridgehead atoms. The maximum atomic E-state index is 13.8. The number of likely N-dealkylation sites (tertiary alicyclic amines) is 1. The first-order valence-corrected chi connectivity index (χ1v) is 10.2. The second-order valence-corrected chi connectivity index (χ2v) is 7.78. The smallest absolute Gasteiger partial charge is 0.251 e. The van der Waals surface area contributed by atoms with Crippen LogP contribution in [0.2, 0.25) is 0 Å². The maximum Gasteiger partial charge on any atom is 0.251 e. The third kappa shape index (κ3) is 4.61. The standard InChI is InChI=1S/C22H26F2N4O2/c1-30-20-7-4-15(12-18(20)24)22(29)25-17-8-10-28(11-9-17)21-13-19(26-27-21)14-2-5-16(23)6-3-14/h2-7,12,17,19,21,26-27H,8-11,13H2,1H3,(H,25,29). The molecule has 2 saturated heterocycles. The van der Waals surface area contributed by atoms with Crippen LogP contribution in [0.5, 0.6) is 5.75 Å². The maximum absolute atomic E-state index is 13.8. The number of methoxy groups -OCH3 is 1. The summed E-state index contributed by atoms with van der Waals surface area (Å²) in [6, 6.07) is 11.0. The summed E-state index contributed by atoms with van der Waals surface area (Å²) in [5, 5.41) is 3.01. The van der Waals surface area contributed by atoms with Gasteiger partial charge in [0.15, 0.2) is 11.6 Å². The summed E-state index contributed by atoms with van der Waals surface area (Å²) in [6.07, 6.45) is 2.72. The first kappa shape index (κ1) is 20.7. The number of halogens is 2. The van der Waals surface area contributed by atoms with Gasteiger partial charge in [-0.05, 0) is 55.2 Å². The number of nitrogens with one attached hydrogen (secondary N) is 3. The largest absolute Gasteiger partial charge is 0.494 e. The minimum atomic E-state index is -0.546. The van der Waals surface area contributed by atoms with Crippen molar-refractivity contribution < 1.29 is 18.3 Å². The molecule has 30 heavy (non-hydrogen) atoms. The van der Waals surface area contributed by atoms with Gasteiger partial charge in [-0.15, -0.1) is 0 Å². The Morgan fingerprint density at radius 1 is 1.10 bits per heavy atom. The number of piperidine rings is 1. The fourth-order valence-corrected chi connectivity index (χ4v) is 4.12. The van der Waals surface area contributed by atoms with Crippen LogP contribution < -0.4 is 20.9 Å². The van der Waals surface area contributed by atoms with E-state index in [2.05, 4.69) is 21.1 Å². The summed E-state index contributed by atoms with van der Waals surface area (Å²) in [5.74, 6) is -0.929. The topological polar surface area (TPSA) is 65.6 Å². The highest BCUT2D eigenvalue weighted by atomic mass is 19.1. The fraction of sp³-hybridized carbons (Fsp3) is 0.409. The molecule has 0 aliphatic carbocycles. The Bertz CT molecular complexity index is 885. The molecular formula is C22H26F2N4O2. The van der Waals surface area contributed by atoms with Crippen molar-refractivity contribution in [2.24, 2.45) is 0 Å². The van der Waals surface area contributed by atoms with Gasteiger partial charge in [0.25, 0.3) is 5.91 Å². The molecule has 2 aromatic rings.